The van der Waals surface area contributed by atoms with Crippen LogP contribution in [0, 0.1) is 11.6 Å². The van der Waals surface area contributed by atoms with Gasteiger partial charge in [-0.05, 0) is 51.5 Å². The van der Waals surface area contributed by atoms with Gasteiger partial charge in [-0.2, -0.15) is 0 Å². The molecular formula is C24H28ClF2N3O4. The van der Waals surface area contributed by atoms with Crippen LogP contribution in [0.1, 0.15) is 38.7 Å². The topological polar surface area (TPSA) is 79.9 Å². The lowest BCUT2D eigenvalue weighted by Crippen LogP contribution is -2.53. The lowest BCUT2D eigenvalue weighted by atomic mass is 9.85. The molecule has 0 spiro atoms. The molecule has 2 aromatic rings. The molecule has 2 N–H and O–H groups in total. The summed E-state index contributed by atoms with van der Waals surface area (Å²) in [5.74, 6) is -2.47. The summed E-state index contributed by atoms with van der Waals surface area (Å²) in [5.41, 5.74) is -0.450. The van der Waals surface area contributed by atoms with Gasteiger partial charge in [0.05, 0.1) is 7.11 Å². The van der Waals surface area contributed by atoms with Gasteiger partial charge in [0.1, 0.15) is 23.0 Å². The number of nitrogens with one attached hydrogen (secondary N) is 2. The summed E-state index contributed by atoms with van der Waals surface area (Å²) < 4.78 is 40.3. The summed E-state index contributed by atoms with van der Waals surface area (Å²) in [5, 5.41) is 5.99. The van der Waals surface area contributed by atoms with Gasteiger partial charge in [-0.25, -0.2) is 18.4 Å². The van der Waals surface area contributed by atoms with Gasteiger partial charge in [0.15, 0.2) is 0 Å². The minimum Gasteiger partial charge on any atom is -0.497 e. The standard InChI is InChI=1S/C24H28ClF2N3O4/c1-24(2,3)34-23(32)30-10-9-20(29-22(31)28-15-7-5-14(25)6-8-15)17(13-30)21-18(26)11-16(33-4)12-19(21)27/h5-8,11-12,17,20H,9-10,13H2,1-4H3,(H2,28,29,31)/t17-,20?/m1/s1. The molecule has 3 rings (SSSR count). The fraction of sp³-hybridized carbons (Fsp3) is 0.417. The summed E-state index contributed by atoms with van der Waals surface area (Å²) in [6.07, 6.45) is -0.320. The zero-order valence-corrected chi connectivity index (χ0v) is 20.2. The number of likely N-dealkylation sites (tertiary alicyclic amines) is 1. The maximum absolute atomic E-state index is 15.0. The number of piperidine rings is 1. The van der Waals surface area contributed by atoms with E-state index in [0.29, 0.717) is 10.7 Å². The van der Waals surface area contributed by atoms with Crippen molar-refractivity contribution in [1.82, 2.24) is 10.2 Å². The van der Waals surface area contributed by atoms with Gasteiger partial charge in [-0.15, -0.1) is 0 Å². The van der Waals surface area contributed by atoms with E-state index in [-0.39, 0.29) is 30.8 Å². The zero-order chi connectivity index (χ0) is 25.0. The van der Waals surface area contributed by atoms with Gasteiger partial charge in [-0.3, -0.25) is 0 Å². The van der Waals surface area contributed by atoms with E-state index >= 15 is 0 Å². The fourth-order valence-electron chi connectivity index (χ4n) is 3.81. The highest BCUT2D eigenvalue weighted by atomic mass is 35.5. The number of halogens is 3. The number of urea groups is 1. The fourth-order valence-corrected chi connectivity index (χ4v) is 3.94. The first-order chi connectivity index (χ1) is 16.0. The summed E-state index contributed by atoms with van der Waals surface area (Å²) in [7, 11) is 1.31. The van der Waals surface area contributed by atoms with Crippen LogP contribution in [0.15, 0.2) is 36.4 Å². The molecule has 1 aliphatic rings. The molecule has 1 aliphatic heterocycles. The van der Waals surface area contributed by atoms with Crippen LogP contribution < -0.4 is 15.4 Å². The number of nitrogens with zero attached hydrogens (tertiary/aromatic N) is 1. The molecule has 0 bridgehead atoms. The normalized spacial score (nSPS) is 18.3. The van der Waals surface area contributed by atoms with Gasteiger partial charge < -0.3 is 25.0 Å². The average molecular weight is 496 g/mol. The number of rotatable bonds is 4. The number of hydrogen-bond donors (Lipinski definition) is 2. The number of anilines is 1. The second kappa shape index (κ2) is 10.5. The third-order valence-corrected chi connectivity index (χ3v) is 5.59. The number of carbonyl (C=O) groups is 2. The summed E-state index contributed by atoms with van der Waals surface area (Å²) in [6, 6.07) is 7.48. The Bertz CT molecular complexity index is 1020. The highest BCUT2D eigenvalue weighted by Gasteiger charge is 2.38. The molecule has 0 aromatic heterocycles. The second-order valence-corrected chi connectivity index (χ2v) is 9.47. The maximum atomic E-state index is 15.0. The smallest absolute Gasteiger partial charge is 0.410 e. The van der Waals surface area contributed by atoms with E-state index in [4.69, 9.17) is 21.1 Å². The van der Waals surface area contributed by atoms with Crippen molar-refractivity contribution in [3.8, 4) is 5.75 Å². The predicted molar refractivity (Wildman–Crippen MR) is 125 cm³/mol. The Kier molecular flexibility index (Phi) is 7.86. The van der Waals surface area contributed by atoms with Crippen LogP contribution in [0.2, 0.25) is 5.02 Å². The monoisotopic (exact) mass is 495 g/mol. The largest absolute Gasteiger partial charge is 0.497 e. The van der Waals surface area contributed by atoms with E-state index in [0.717, 1.165) is 12.1 Å². The molecule has 3 amide bonds. The van der Waals surface area contributed by atoms with Gasteiger partial charge in [0, 0.05) is 53.5 Å². The maximum Gasteiger partial charge on any atom is 0.410 e. The highest BCUT2D eigenvalue weighted by molar-refractivity contribution is 6.30. The SMILES string of the molecule is COc1cc(F)c([C@@H]2CN(C(=O)OC(C)(C)C)CCC2NC(=O)Nc2ccc(Cl)cc2)c(F)c1. The van der Waals surface area contributed by atoms with Crippen LogP contribution in [0.4, 0.5) is 24.1 Å². The Balaban J connectivity index is 1.85. The number of amides is 3. The van der Waals surface area contributed by atoms with E-state index in [2.05, 4.69) is 10.6 Å². The Morgan fingerprint density at radius 3 is 2.29 bits per heavy atom. The second-order valence-electron chi connectivity index (χ2n) is 9.04. The molecular weight excluding hydrogens is 468 g/mol. The Morgan fingerprint density at radius 2 is 1.74 bits per heavy atom. The predicted octanol–water partition coefficient (Wildman–Crippen LogP) is 5.54. The van der Waals surface area contributed by atoms with Gasteiger partial charge in [-0.1, -0.05) is 11.6 Å². The molecule has 0 aliphatic carbocycles. The molecule has 2 atom stereocenters. The van der Waals surface area contributed by atoms with Crippen molar-refractivity contribution in [2.75, 3.05) is 25.5 Å². The summed E-state index contributed by atoms with van der Waals surface area (Å²) >= 11 is 5.87. The van der Waals surface area contributed by atoms with E-state index in [1.165, 1.54) is 12.0 Å². The minimum absolute atomic E-state index is 0.0311. The van der Waals surface area contributed by atoms with Crippen molar-refractivity contribution in [1.29, 1.82) is 0 Å². The molecule has 7 nitrogen and oxygen atoms in total. The quantitative estimate of drug-likeness (QED) is 0.583. The minimum atomic E-state index is -0.858. The van der Waals surface area contributed by atoms with Crippen LogP contribution in [0.5, 0.6) is 5.75 Å². The summed E-state index contributed by atoms with van der Waals surface area (Å²) in [4.78, 5) is 26.7. The zero-order valence-electron chi connectivity index (χ0n) is 19.5. The van der Waals surface area contributed by atoms with Crippen LogP contribution in [-0.4, -0.2) is 48.9 Å². The van der Waals surface area contributed by atoms with Gasteiger partial charge >= 0.3 is 12.1 Å². The molecule has 0 saturated carbocycles. The Hall–Kier alpha value is -3.07. The molecule has 1 heterocycles. The number of benzene rings is 2. The van der Waals surface area contributed by atoms with E-state index in [1.54, 1.807) is 45.0 Å². The molecule has 0 radical (unpaired) electrons. The van der Waals surface area contributed by atoms with Gasteiger partial charge in [0.25, 0.3) is 0 Å². The Labute approximate surface area is 202 Å². The van der Waals surface area contributed by atoms with Crippen LogP contribution in [0.3, 0.4) is 0 Å². The molecule has 34 heavy (non-hydrogen) atoms. The van der Waals surface area contributed by atoms with E-state index in [1.807, 2.05) is 0 Å². The van der Waals surface area contributed by atoms with Crippen molar-refractivity contribution in [2.45, 2.75) is 44.8 Å². The summed E-state index contributed by atoms with van der Waals surface area (Å²) in [6.45, 7) is 5.42. The van der Waals surface area contributed by atoms with Crippen LogP contribution in [0.25, 0.3) is 0 Å². The number of ether oxygens (including phenoxy) is 2. The average Bonchev–Trinajstić information content (AvgIpc) is 2.74. The van der Waals surface area contributed by atoms with Crippen molar-refractivity contribution in [3.05, 3.63) is 58.6 Å². The van der Waals surface area contributed by atoms with Crippen LogP contribution in [-0.2, 0) is 4.74 Å². The molecule has 2 aromatic carbocycles. The third-order valence-electron chi connectivity index (χ3n) is 5.34. The van der Waals surface area contributed by atoms with E-state index in [9.17, 15) is 18.4 Å². The lowest BCUT2D eigenvalue weighted by molar-refractivity contribution is 0.0177. The molecule has 1 fully saturated rings. The molecule has 1 saturated heterocycles. The molecule has 10 heteroatoms. The van der Waals surface area contributed by atoms with Crippen molar-refractivity contribution < 1.29 is 27.8 Å². The van der Waals surface area contributed by atoms with E-state index < -0.39 is 41.3 Å². The first-order valence-corrected chi connectivity index (χ1v) is 11.2. The number of hydrogen-bond acceptors (Lipinski definition) is 4. The Morgan fingerprint density at radius 1 is 1.12 bits per heavy atom. The first kappa shape index (κ1) is 25.6. The van der Waals surface area contributed by atoms with Crippen LogP contribution >= 0.6 is 11.6 Å². The van der Waals surface area contributed by atoms with Crippen molar-refractivity contribution >= 4 is 29.4 Å². The lowest BCUT2D eigenvalue weighted by Gasteiger charge is -2.39. The van der Waals surface area contributed by atoms with Crippen molar-refractivity contribution in [2.24, 2.45) is 0 Å². The third kappa shape index (κ3) is 6.50. The van der Waals surface area contributed by atoms with Crippen molar-refractivity contribution in [3.63, 3.8) is 0 Å². The first-order valence-electron chi connectivity index (χ1n) is 10.8. The highest BCUT2D eigenvalue weighted by Crippen LogP contribution is 2.34. The van der Waals surface area contributed by atoms with Gasteiger partial charge in [0.2, 0.25) is 0 Å². The molecule has 1 unspecified atom stereocenters. The number of carbonyl (C=O) groups excluding carboxylic acids is 2. The number of methoxy groups -OCH3 is 1. The molecule has 184 valence electrons.